The van der Waals surface area contributed by atoms with Crippen LogP contribution in [0.4, 0.5) is 5.13 Å². The third kappa shape index (κ3) is 7.71. The third-order valence-electron chi connectivity index (χ3n) is 11.3. The van der Waals surface area contributed by atoms with Gasteiger partial charge in [0.2, 0.25) is 27.7 Å². The summed E-state index contributed by atoms with van der Waals surface area (Å²) < 4.78 is 41.8. The molecule has 5 atom stereocenters. The molecule has 8 rings (SSSR count). The van der Waals surface area contributed by atoms with Crippen molar-refractivity contribution in [1.82, 2.24) is 34.5 Å². The molecule has 4 heterocycles. The normalized spacial score (nSPS) is 22.2. The largest absolute Gasteiger partial charge is 0.494 e. The number of methoxy groups -OCH3 is 1. The average molecular weight is 861 g/mol. The Morgan fingerprint density at radius 1 is 1.12 bits per heavy atom. The first-order valence-electron chi connectivity index (χ1n) is 19.3. The van der Waals surface area contributed by atoms with Gasteiger partial charge < -0.3 is 29.6 Å². The van der Waals surface area contributed by atoms with Gasteiger partial charge in [0, 0.05) is 40.6 Å². The van der Waals surface area contributed by atoms with Crippen LogP contribution in [-0.4, -0.2) is 93.2 Å². The van der Waals surface area contributed by atoms with Crippen molar-refractivity contribution in [1.29, 1.82) is 0 Å². The summed E-state index contributed by atoms with van der Waals surface area (Å²) in [6, 6.07) is 11.0. The number of anilines is 1. The molecule has 3 fully saturated rings. The maximum Gasteiger partial charge on any atom is 0.259 e. The van der Waals surface area contributed by atoms with Crippen molar-refractivity contribution in [2.24, 2.45) is 18.4 Å². The summed E-state index contributed by atoms with van der Waals surface area (Å²) in [6.07, 6.45) is 3.44. The zero-order chi connectivity index (χ0) is 42.0. The van der Waals surface area contributed by atoms with Crippen molar-refractivity contribution < 1.29 is 32.3 Å². The van der Waals surface area contributed by atoms with Gasteiger partial charge >= 0.3 is 0 Å². The number of amides is 3. The monoisotopic (exact) mass is 860 g/mol. The van der Waals surface area contributed by atoms with Crippen LogP contribution in [0.2, 0.25) is 5.02 Å². The predicted molar refractivity (Wildman–Crippen MR) is 226 cm³/mol. The molecule has 2 aliphatic carbocycles. The van der Waals surface area contributed by atoms with Crippen molar-refractivity contribution in [2.75, 3.05) is 19.0 Å². The fourth-order valence-electron chi connectivity index (χ4n) is 7.73. The minimum atomic E-state index is -3.91. The summed E-state index contributed by atoms with van der Waals surface area (Å²) in [5, 5.41) is 9.68. The smallest absolute Gasteiger partial charge is 0.259 e. The number of ether oxygens (including phenoxy) is 2. The Bertz CT molecular complexity index is 2620. The highest BCUT2D eigenvalue weighted by atomic mass is 35.5. The van der Waals surface area contributed by atoms with Gasteiger partial charge in [0.25, 0.3) is 5.91 Å². The molecule has 1 saturated heterocycles. The highest BCUT2D eigenvalue weighted by molar-refractivity contribution is 7.91. The number of carbonyl (C=O) groups is 3. The second kappa shape index (κ2) is 15.1. The van der Waals surface area contributed by atoms with Crippen LogP contribution in [0.3, 0.4) is 0 Å². The molecule has 5 aromatic rings. The summed E-state index contributed by atoms with van der Waals surface area (Å²) in [4.78, 5) is 58.7. The molecule has 1 aliphatic heterocycles. The van der Waals surface area contributed by atoms with Gasteiger partial charge in [-0.2, -0.15) is 0 Å². The summed E-state index contributed by atoms with van der Waals surface area (Å²) >= 11 is 7.73. The average Bonchev–Trinajstić information content (AvgIpc) is 4.05. The van der Waals surface area contributed by atoms with Crippen LogP contribution in [0, 0.1) is 11.3 Å². The molecule has 310 valence electrons. The second-order valence-corrected chi connectivity index (χ2v) is 19.7. The van der Waals surface area contributed by atoms with Crippen LogP contribution >= 0.6 is 22.9 Å². The predicted octanol–water partition coefficient (Wildman–Crippen LogP) is 5.45. The first-order valence-corrected chi connectivity index (χ1v) is 22.1. The number of benzene rings is 2. The lowest BCUT2D eigenvalue weighted by Crippen LogP contribution is -2.58. The Morgan fingerprint density at radius 2 is 1.88 bits per heavy atom. The first-order chi connectivity index (χ1) is 28.0. The molecule has 2 aromatic carbocycles. The number of nitrogens with one attached hydrogen (secondary N) is 3. The van der Waals surface area contributed by atoms with Crippen LogP contribution in [0.5, 0.6) is 11.6 Å². The summed E-state index contributed by atoms with van der Waals surface area (Å²) in [6.45, 7) is 9.54. The first kappa shape index (κ1) is 40.5. The number of halogens is 1. The van der Waals surface area contributed by atoms with Crippen LogP contribution < -0.4 is 24.8 Å². The topological polar surface area (TPSA) is 187 Å². The summed E-state index contributed by atoms with van der Waals surface area (Å²) in [7, 11) is -0.447. The lowest BCUT2D eigenvalue weighted by molar-refractivity contribution is -0.141. The number of aryl methyl sites for hydroxylation is 1. The molecule has 0 radical (unpaired) electrons. The number of imidazole rings is 1. The van der Waals surface area contributed by atoms with Gasteiger partial charge in [0.05, 0.1) is 36.1 Å². The molecule has 18 heteroatoms. The Morgan fingerprint density at radius 3 is 2.56 bits per heavy atom. The minimum Gasteiger partial charge on any atom is -0.494 e. The van der Waals surface area contributed by atoms with E-state index in [4.69, 9.17) is 31.0 Å². The maximum atomic E-state index is 15.0. The SMILES string of the molecule is C=C[C@@H]1C[C@]1(NC(=O)[C@@H]1C[C@@H](Oc2ncc(OC)c3ccc(Cl)cc23)CN1C(=O)[C@@H](Nc1nc(-c2nc3ccccc3n2C)cs1)C(C)(C)C)C(=O)NS(=O)(=O)C1CC1. The lowest BCUT2D eigenvalue weighted by atomic mass is 9.85. The molecular weight excluding hydrogens is 816 g/mol. The number of hydrogen-bond donors (Lipinski definition) is 3. The van der Waals surface area contributed by atoms with Crippen molar-refractivity contribution in [2.45, 2.75) is 75.4 Å². The summed E-state index contributed by atoms with van der Waals surface area (Å²) in [5.41, 5.74) is 0.191. The number of para-hydroxylation sites is 2. The molecule has 59 heavy (non-hydrogen) atoms. The highest BCUT2D eigenvalue weighted by Gasteiger charge is 2.62. The molecule has 3 amide bonds. The number of likely N-dealkylation sites (tertiary alicyclic amines) is 1. The van der Waals surface area contributed by atoms with Crippen LogP contribution in [0.25, 0.3) is 33.3 Å². The minimum absolute atomic E-state index is 0.00985. The number of fused-ring (bicyclic) bond motifs is 2. The number of nitrogens with zero attached hydrogens (tertiary/aromatic N) is 5. The molecule has 0 bridgehead atoms. The van der Waals surface area contributed by atoms with Gasteiger partial charge in [-0.1, -0.05) is 50.6 Å². The Hall–Kier alpha value is -5.26. The number of hydrogen-bond acceptors (Lipinski definition) is 12. The van der Waals surface area contributed by atoms with Crippen molar-refractivity contribution in [3.8, 4) is 23.1 Å². The Labute approximate surface area is 350 Å². The zero-order valence-electron chi connectivity index (χ0n) is 33.2. The number of sulfonamides is 1. The van der Waals surface area contributed by atoms with Gasteiger partial charge in [0.15, 0.2) is 11.0 Å². The second-order valence-electron chi connectivity index (χ2n) is 16.5. The fraction of sp³-hybridized carbons (Fsp3) is 0.415. The van der Waals surface area contributed by atoms with E-state index in [9.17, 15) is 22.8 Å². The molecule has 15 nitrogen and oxygen atoms in total. The maximum absolute atomic E-state index is 15.0. The number of pyridine rings is 1. The van der Waals surface area contributed by atoms with Gasteiger partial charge in [-0.3, -0.25) is 19.1 Å². The number of aromatic nitrogens is 4. The van der Waals surface area contributed by atoms with Crippen molar-refractivity contribution in [3.05, 3.63) is 71.7 Å². The van der Waals surface area contributed by atoms with E-state index in [0.717, 1.165) is 11.0 Å². The van der Waals surface area contributed by atoms with Crippen molar-refractivity contribution in [3.63, 3.8) is 0 Å². The number of rotatable bonds is 13. The van der Waals surface area contributed by atoms with E-state index < -0.39 is 68.1 Å². The molecule has 0 spiro atoms. The van der Waals surface area contributed by atoms with E-state index in [1.54, 1.807) is 18.2 Å². The lowest BCUT2D eigenvalue weighted by Gasteiger charge is -2.35. The van der Waals surface area contributed by atoms with Gasteiger partial charge in [-0.25, -0.2) is 23.4 Å². The van der Waals surface area contributed by atoms with E-state index in [0.29, 0.717) is 51.0 Å². The van der Waals surface area contributed by atoms with Crippen LogP contribution in [-0.2, 0) is 31.5 Å². The molecule has 0 unspecified atom stereocenters. The van der Waals surface area contributed by atoms with Gasteiger partial charge in [-0.15, -0.1) is 17.9 Å². The zero-order valence-corrected chi connectivity index (χ0v) is 35.6. The Balaban J connectivity index is 1.10. The molecule has 2 saturated carbocycles. The van der Waals surface area contributed by atoms with E-state index in [2.05, 4.69) is 26.9 Å². The van der Waals surface area contributed by atoms with E-state index in [1.807, 2.05) is 62.0 Å². The van der Waals surface area contributed by atoms with Gasteiger partial charge in [0.1, 0.15) is 35.2 Å². The molecular formula is C41H45ClN8O7S2. The standard InChI is InChI=1S/C41H45ClN8O7S2/c1-7-22-18-41(22,38(53)48-59(54,55)25-13-14-25)47-35(51)31-17-24(57-36-27-16-23(42)12-15-26(27)32(56-6)19-43-36)20-50(31)37(52)33(40(2,3)4)46-39-45-29(21-58-39)34-44-28-10-8-9-11-30(28)49(34)5/h7-12,15-16,19,21-22,24-25,31,33H,1,13-14,17-18,20H2,2-6H3,(H,45,46)(H,47,51)(H,48,53)/t22-,24-,31+,33-,41-/m1/s1. The highest BCUT2D eigenvalue weighted by Crippen LogP contribution is 2.46. The Kier molecular flexibility index (Phi) is 10.4. The van der Waals surface area contributed by atoms with Crippen LogP contribution in [0.1, 0.15) is 46.5 Å². The van der Waals surface area contributed by atoms with Crippen LogP contribution in [0.15, 0.2) is 66.7 Å². The third-order valence-corrected chi connectivity index (χ3v) is 14.1. The molecule has 3 aromatic heterocycles. The number of carbonyl (C=O) groups excluding carboxylic acids is 3. The van der Waals surface area contributed by atoms with Crippen molar-refractivity contribution >= 4 is 77.6 Å². The summed E-state index contributed by atoms with van der Waals surface area (Å²) in [5.74, 6) is -0.951. The molecule has 3 aliphatic rings. The van der Waals surface area contributed by atoms with E-state index >= 15 is 0 Å². The quantitative estimate of drug-likeness (QED) is 0.128. The van der Waals surface area contributed by atoms with E-state index in [-0.39, 0.29) is 25.3 Å². The number of thiazole rings is 1. The molecule has 3 N–H and O–H groups in total. The van der Waals surface area contributed by atoms with E-state index in [1.165, 1.54) is 35.6 Å². The fourth-order valence-corrected chi connectivity index (χ4v) is 9.98. The van der Waals surface area contributed by atoms with Gasteiger partial charge in [-0.05, 0) is 55.0 Å².